The van der Waals surface area contributed by atoms with Gasteiger partial charge >= 0.3 is 0 Å². The van der Waals surface area contributed by atoms with E-state index in [-0.39, 0.29) is 11.9 Å². The fourth-order valence-corrected chi connectivity index (χ4v) is 2.44. The maximum atomic E-state index is 12.8. The molecular formula is C14H16FNS. The van der Waals surface area contributed by atoms with Crippen LogP contribution in [0.15, 0.2) is 41.8 Å². The number of nitrogens with one attached hydrogen (secondary N) is 1. The van der Waals surface area contributed by atoms with Crippen LogP contribution in [0.5, 0.6) is 0 Å². The Balaban J connectivity index is 1.81. The number of rotatable bonds is 5. The third-order valence-corrected chi connectivity index (χ3v) is 3.71. The topological polar surface area (TPSA) is 12.0 Å². The third-order valence-electron chi connectivity index (χ3n) is 2.77. The molecule has 0 saturated heterocycles. The minimum atomic E-state index is -0.181. The van der Waals surface area contributed by atoms with E-state index in [1.807, 2.05) is 12.1 Å². The molecular weight excluding hydrogens is 233 g/mol. The molecule has 3 heteroatoms. The lowest BCUT2D eigenvalue weighted by atomic mass is 10.1. The maximum absolute atomic E-state index is 12.8. The molecule has 1 atom stereocenters. The second kappa shape index (κ2) is 5.94. The van der Waals surface area contributed by atoms with Crippen molar-refractivity contribution in [3.05, 3.63) is 58.0 Å². The van der Waals surface area contributed by atoms with E-state index in [1.54, 1.807) is 11.3 Å². The predicted molar refractivity (Wildman–Crippen MR) is 70.8 cm³/mol. The highest BCUT2D eigenvalue weighted by molar-refractivity contribution is 7.09. The smallest absolute Gasteiger partial charge is 0.123 e. The average molecular weight is 249 g/mol. The number of halogens is 1. The molecule has 0 radical (unpaired) electrons. The Morgan fingerprint density at radius 2 is 2.00 bits per heavy atom. The van der Waals surface area contributed by atoms with Crippen LogP contribution in [0.25, 0.3) is 0 Å². The molecule has 0 spiro atoms. The second-order valence-electron chi connectivity index (χ2n) is 4.06. The van der Waals surface area contributed by atoms with Crippen molar-refractivity contribution in [2.24, 2.45) is 0 Å². The van der Waals surface area contributed by atoms with Gasteiger partial charge in [0.2, 0.25) is 0 Å². The number of benzene rings is 1. The predicted octanol–water partition coefficient (Wildman–Crippen LogP) is 3.78. The molecule has 2 aromatic rings. The summed E-state index contributed by atoms with van der Waals surface area (Å²) in [4.78, 5) is 1.39. The summed E-state index contributed by atoms with van der Waals surface area (Å²) in [5, 5.41) is 5.54. The molecule has 1 N–H and O–H groups in total. The van der Waals surface area contributed by atoms with Gasteiger partial charge in [-0.25, -0.2) is 4.39 Å². The summed E-state index contributed by atoms with van der Waals surface area (Å²) in [5.74, 6) is -0.181. The van der Waals surface area contributed by atoms with Crippen LogP contribution in [0.1, 0.15) is 23.4 Å². The lowest BCUT2D eigenvalue weighted by molar-refractivity contribution is 0.575. The first-order chi connectivity index (χ1) is 8.25. The zero-order valence-corrected chi connectivity index (χ0v) is 10.6. The molecule has 0 unspecified atom stereocenters. The summed E-state index contributed by atoms with van der Waals surface area (Å²) in [6.45, 7) is 3.04. The van der Waals surface area contributed by atoms with Crippen LogP contribution in [0, 0.1) is 5.82 Å². The van der Waals surface area contributed by atoms with E-state index in [1.165, 1.54) is 17.0 Å². The molecule has 1 aromatic heterocycles. The molecule has 0 aliphatic heterocycles. The van der Waals surface area contributed by atoms with Crippen LogP contribution < -0.4 is 5.32 Å². The van der Waals surface area contributed by atoms with Crippen molar-refractivity contribution in [3.63, 3.8) is 0 Å². The zero-order chi connectivity index (χ0) is 12.1. The normalized spacial score (nSPS) is 12.6. The molecule has 0 aliphatic carbocycles. The molecule has 1 aromatic carbocycles. The number of hydrogen-bond acceptors (Lipinski definition) is 2. The molecule has 0 saturated carbocycles. The van der Waals surface area contributed by atoms with Gasteiger partial charge in [-0.1, -0.05) is 18.2 Å². The van der Waals surface area contributed by atoms with Gasteiger partial charge in [-0.15, -0.1) is 11.3 Å². The Morgan fingerprint density at radius 1 is 1.24 bits per heavy atom. The van der Waals surface area contributed by atoms with E-state index in [9.17, 15) is 4.39 Å². The third kappa shape index (κ3) is 3.65. The standard InChI is InChI=1S/C14H16FNS/c1-11(12-4-6-13(15)7-5-12)16-9-8-14-3-2-10-17-14/h2-7,10-11,16H,8-9H2,1H3/t11-/m1/s1. The Hall–Kier alpha value is -1.19. The first-order valence-electron chi connectivity index (χ1n) is 5.77. The van der Waals surface area contributed by atoms with Gasteiger partial charge in [-0.2, -0.15) is 0 Å². The van der Waals surface area contributed by atoms with Gasteiger partial charge in [0.05, 0.1) is 0 Å². The number of hydrogen-bond donors (Lipinski definition) is 1. The SMILES string of the molecule is C[C@@H](NCCc1cccs1)c1ccc(F)cc1. The van der Waals surface area contributed by atoms with Gasteiger partial charge in [-0.05, 0) is 42.5 Å². The van der Waals surface area contributed by atoms with Crippen molar-refractivity contribution in [1.29, 1.82) is 0 Å². The van der Waals surface area contributed by atoms with Crippen molar-refractivity contribution >= 4 is 11.3 Å². The monoisotopic (exact) mass is 249 g/mol. The van der Waals surface area contributed by atoms with E-state index >= 15 is 0 Å². The van der Waals surface area contributed by atoms with E-state index < -0.39 is 0 Å². The molecule has 17 heavy (non-hydrogen) atoms. The molecule has 0 fully saturated rings. The molecule has 90 valence electrons. The van der Waals surface area contributed by atoms with Crippen LogP contribution in [-0.2, 0) is 6.42 Å². The summed E-state index contributed by atoms with van der Waals surface area (Å²) >= 11 is 1.78. The molecule has 1 heterocycles. The van der Waals surface area contributed by atoms with Crippen LogP contribution >= 0.6 is 11.3 Å². The Labute approximate surface area is 105 Å². The van der Waals surface area contributed by atoms with Crippen molar-refractivity contribution in [1.82, 2.24) is 5.32 Å². The summed E-state index contributed by atoms with van der Waals surface area (Å²) in [5.41, 5.74) is 1.12. The Morgan fingerprint density at radius 3 is 2.65 bits per heavy atom. The van der Waals surface area contributed by atoms with Crippen LogP contribution in [0.2, 0.25) is 0 Å². The van der Waals surface area contributed by atoms with Crippen LogP contribution in [-0.4, -0.2) is 6.54 Å². The average Bonchev–Trinajstić information content (AvgIpc) is 2.83. The minimum absolute atomic E-state index is 0.181. The summed E-state index contributed by atoms with van der Waals surface area (Å²) < 4.78 is 12.8. The highest BCUT2D eigenvalue weighted by atomic mass is 32.1. The summed E-state index contributed by atoms with van der Waals surface area (Å²) in [7, 11) is 0. The van der Waals surface area contributed by atoms with Crippen molar-refractivity contribution < 1.29 is 4.39 Å². The Bertz CT molecular complexity index is 436. The maximum Gasteiger partial charge on any atom is 0.123 e. The molecule has 0 amide bonds. The zero-order valence-electron chi connectivity index (χ0n) is 9.82. The Kier molecular flexibility index (Phi) is 4.29. The minimum Gasteiger partial charge on any atom is -0.310 e. The highest BCUT2D eigenvalue weighted by Crippen LogP contribution is 2.13. The van der Waals surface area contributed by atoms with Gasteiger partial charge in [0.15, 0.2) is 0 Å². The fraction of sp³-hybridized carbons (Fsp3) is 0.286. The van der Waals surface area contributed by atoms with Crippen molar-refractivity contribution in [2.45, 2.75) is 19.4 Å². The van der Waals surface area contributed by atoms with Gasteiger partial charge in [0.25, 0.3) is 0 Å². The van der Waals surface area contributed by atoms with Gasteiger partial charge < -0.3 is 5.32 Å². The van der Waals surface area contributed by atoms with Crippen molar-refractivity contribution in [3.8, 4) is 0 Å². The quantitative estimate of drug-likeness (QED) is 0.850. The lowest BCUT2D eigenvalue weighted by Crippen LogP contribution is -2.21. The van der Waals surface area contributed by atoms with Gasteiger partial charge in [0, 0.05) is 17.5 Å². The van der Waals surface area contributed by atoms with Crippen molar-refractivity contribution in [2.75, 3.05) is 6.54 Å². The van der Waals surface area contributed by atoms with Gasteiger partial charge in [0.1, 0.15) is 5.82 Å². The van der Waals surface area contributed by atoms with Crippen LogP contribution in [0.4, 0.5) is 4.39 Å². The van der Waals surface area contributed by atoms with Crippen LogP contribution in [0.3, 0.4) is 0 Å². The molecule has 0 aliphatic rings. The number of thiophene rings is 1. The largest absolute Gasteiger partial charge is 0.310 e. The second-order valence-corrected chi connectivity index (χ2v) is 5.09. The molecule has 1 nitrogen and oxygen atoms in total. The molecule has 0 bridgehead atoms. The van der Waals surface area contributed by atoms with E-state index in [4.69, 9.17) is 0 Å². The first-order valence-corrected chi connectivity index (χ1v) is 6.65. The van der Waals surface area contributed by atoms with E-state index in [0.717, 1.165) is 18.5 Å². The fourth-order valence-electron chi connectivity index (χ4n) is 1.74. The van der Waals surface area contributed by atoms with Gasteiger partial charge in [-0.3, -0.25) is 0 Å². The first kappa shape index (κ1) is 12.3. The summed E-state index contributed by atoms with van der Waals surface area (Å²) in [6, 6.07) is 11.2. The summed E-state index contributed by atoms with van der Waals surface area (Å²) in [6.07, 6.45) is 1.04. The van der Waals surface area contributed by atoms with E-state index in [0.29, 0.717) is 0 Å². The van der Waals surface area contributed by atoms with E-state index in [2.05, 4.69) is 29.8 Å². The lowest BCUT2D eigenvalue weighted by Gasteiger charge is -2.13. The highest BCUT2D eigenvalue weighted by Gasteiger charge is 2.04. The molecule has 2 rings (SSSR count).